The molecule has 2 nitrogen and oxygen atoms in total. The quantitative estimate of drug-likeness (QED) is 0.319. The lowest BCUT2D eigenvalue weighted by Gasteiger charge is -2.31. The van der Waals surface area contributed by atoms with E-state index in [-0.39, 0.29) is 11.8 Å². The normalized spacial score (nSPS) is 30.5. The van der Waals surface area contributed by atoms with E-state index in [0.717, 1.165) is 37.7 Å². The molecule has 1 aromatic carbocycles. The molecule has 2 saturated carbocycles. The van der Waals surface area contributed by atoms with Crippen LogP contribution in [0.4, 0.5) is 0 Å². The molecule has 0 bridgehead atoms. The molecule has 2 heteroatoms. The molecule has 0 radical (unpaired) electrons. The second-order valence-corrected chi connectivity index (χ2v) is 10.7. The van der Waals surface area contributed by atoms with Gasteiger partial charge in [0.1, 0.15) is 5.78 Å². The highest BCUT2D eigenvalue weighted by Crippen LogP contribution is 2.46. The summed E-state index contributed by atoms with van der Waals surface area (Å²) < 4.78 is 0. The van der Waals surface area contributed by atoms with E-state index >= 15 is 0 Å². The summed E-state index contributed by atoms with van der Waals surface area (Å²) in [4.78, 5) is 25.9. The molecular weight excluding hydrogens is 428 g/mol. The van der Waals surface area contributed by atoms with Crippen LogP contribution < -0.4 is 0 Å². The van der Waals surface area contributed by atoms with Crippen LogP contribution in [0.15, 0.2) is 90.1 Å². The predicted molar refractivity (Wildman–Crippen MR) is 144 cm³/mol. The minimum atomic E-state index is 0.0131. The zero-order valence-corrected chi connectivity index (χ0v) is 21.0. The fraction of sp³-hybridized carbons (Fsp3) is 0.394. The lowest BCUT2D eigenvalue weighted by molar-refractivity contribution is -0.121. The Bertz CT molecular complexity index is 1180. The number of carbonyl (C=O) groups is 2. The molecule has 0 heterocycles. The van der Waals surface area contributed by atoms with Crippen molar-refractivity contribution in [2.75, 3.05) is 0 Å². The third-order valence-electron chi connectivity index (χ3n) is 8.60. The van der Waals surface area contributed by atoms with Gasteiger partial charge in [-0.1, -0.05) is 78.9 Å². The molecule has 0 amide bonds. The molecule has 1 aromatic rings. The number of carbonyl (C=O) groups excluding carboxylic acids is 2. The van der Waals surface area contributed by atoms with Gasteiger partial charge >= 0.3 is 0 Å². The van der Waals surface area contributed by atoms with Crippen molar-refractivity contribution in [1.82, 2.24) is 0 Å². The second-order valence-electron chi connectivity index (χ2n) is 10.7. The van der Waals surface area contributed by atoms with Crippen molar-refractivity contribution in [2.45, 2.75) is 58.3 Å². The maximum Gasteiger partial charge on any atom is 0.161 e. The third kappa shape index (κ3) is 4.89. The summed E-state index contributed by atoms with van der Waals surface area (Å²) in [6.45, 7) is 3.90. The Balaban J connectivity index is 1.23. The standard InChI is InChI=1S/C33H36O2/c1-3-4-8-22(2)33(35)25-17-15-23(16-18-25)28-20-31(32(34)21-28)27-12-5-11-26(19-27)30-14-7-10-24-9-6-13-29(24)30/h3-14,19,23,25,28-29,31H,15-18,20-21H2,1-2H3. The molecular formula is C33H36O2. The zero-order chi connectivity index (χ0) is 24.4. The van der Waals surface area contributed by atoms with Gasteiger partial charge in [-0.3, -0.25) is 9.59 Å². The van der Waals surface area contributed by atoms with E-state index in [0.29, 0.717) is 35.7 Å². The van der Waals surface area contributed by atoms with Gasteiger partial charge in [-0.2, -0.15) is 0 Å². The number of ketones is 2. The largest absolute Gasteiger partial charge is 0.299 e. The van der Waals surface area contributed by atoms with Gasteiger partial charge in [-0.05, 0) is 85.6 Å². The van der Waals surface area contributed by atoms with Crippen LogP contribution in [-0.4, -0.2) is 11.6 Å². The minimum absolute atomic E-state index is 0.0131. The molecule has 5 rings (SSSR count). The molecule has 3 atom stereocenters. The molecule has 35 heavy (non-hydrogen) atoms. The summed E-state index contributed by atoms with van der Waals surface area (Å²) in [5.74, 6) is 2.22. The summed E-state index contributed by atoms with van der Waals surface area (Å²) in [7, 11) is 0. The van der Waals surface area contributed by atoms with Crippen LogP contribution in [0.25, 0.3) is 5.57 Å². The molecule has 0 aliphatic heterocycles. The fourth-order valence-electron chi connectivity index (χ4n) is 6.61. The highest BCUT2D eigenvalue weighted by molar-refractivity contribution is 5.97. The van der Waals surface area contributed by atoms with Crippen molar-refractivity contribution >= 4 is 17.1 Å². The fourth-order valence-corrected chi connectivity index (χ4v) is 6.61. The maximum absolute atomic E-state index is 13.1. The van der Waals surface area contributed by atoms with Crippen LogP contribution in [0.1, 0.15) is 69.4 Å². The molecule has 0 saturated heterocycles. The van der Waals surface area contributed by atoms with Crippen molar-refractivity contribution in [3.05, 3.63) is 101 Å². The smallest absolute Gasteiger partial charge is 0.161 e. The van der Waals surface area contributed by atoms with Gasteiger partial charge < -0.3 is 0 Å². The van der Waals surface area contributed by atoms with Crippen molar-refractivity contribution in [1.29, 1.82) is 0 Å². The van der Waals surface area contributed by atoms with Gasteiger partial charge in [0.05, 0.1) is 0 Å². The highest BCUT2D eigenvalue weighted by atomic mass is 16.1. The summed E-state index contributed by atoms with van der Waals surface area (Å²) in [5.41, 5.74) is 5.92. The Kier molecular flexibility index (Phi) is 7.00. The first-order valence-corrected chi connectivity index (χ1v) is 13.3. The van der Waals surface area contributed by atoms with Crippen molar-refractivity contribution in [2.24, 2.45) is 23.7 Å². The first-order valence-electron chi connectivity index (χ1n) is 13.3. The molecule has 0 spiro atoms. The van der Waals surface area contributed by atoms with Gasteiger partial charge in [0, 0.05) is 24.2 Å². The number of Topliss-reactive ketones (excluding diaryl/α,β-unsaturated/α-hetero) is 2. The van der Waals surface area contributed by atoms with Crippen LogP contribution in [0.3, 0.4) is 0 Å². The average Bonchev–Trinajstić information content (AvgIpc) is 3.53. The van der Waals surface area contributed by atoms with E-state index in [4.69, 9.17) is 0 Å². The predicted octanol–water partition coefficient (Wildman–Crippen LogP) is 7.71. The van der Waals surface area contributed by atoms with E-state index in [2.05, 4.69) is 60.7 Å². The molecule has 180 valence electrons. The van der Waals surface area contributed by atoms with Gasteiger partial charge in [0.25, 0.3) is 0 Å². The van der Waals surface area contributed by atoms with Crippen molar-refractivity contribution in [3.63, 3.8) is 0 Å². The van der Waals surface area contributed by atoms with Crippen LogP contribution in [-0.2, 0) is 9.59 Å². The van der Waals surface area contributed by atoms with Gasteiger partial charge in [0.15, 0.2) is 5.78 Å². The van der Waals surface area contributed by atoms with E-state index < -0.39 is 0 Å². The molecule has 3 unspecified atom stereocenters. The van der Waals surface area contributed by atoms with Crippen LogP contribution in [0.5, 0.6) is 0 Å². The van der Waals surface area contributed by atoms with E-state index in [1.807, 2.05) is 32.1 Å². The van der Waals surface area contributed by atoms with Crippen LogP contribution in [0, 0.1) is 23.7 Å². The van der Waals surface area contributed by atoms with E-state index in [9.17, 15) is 9.59 Å². The van der Waals surface area contributed by atoms with E-state index in [1.165, 1.54) is 22.3 Å². The summed E-state index contributed by atoms with van der Waals surface area (Å²) in [6, 6.07) is 8.70. The third-order valence-corrected chi connectivity index (χ3v) is 8.60. The monoisotopic (exact) mass is 464 g/mol. The topological polar surface area (TPSA) is 34.1 Å². The minimum Gasteiger partial charge on any atom is -0.299 e. The van der Waals surface area contributed by atoms with Crippen LogP contribution >= 0.6 is 0 Å². The Morgan fingerprint density at radius 3 is 2.66 bits per heavy atom. The van der Waals surface area contributed by atoms with Gasteiger partial charge in [-0.25, -0.2) is 0 Å². The molecule has 4 aliphatic rings. The number of fused-ring (bicyclic) bond motifs is 1. The molecule has 0 aromatic heterocycles. The first-order chi connectivity index (χ1) is 17.0. The number of allylic oxidation sites excluding steroid dienone is 12. The van der Waals surface area contributed by atoms with E-state index in [1.54, 1.807) is 0 Å². The van der Waals surface area contributed by atoms with Gasteiger partial charge in [-0.15, -0.1) is 0 Å². The first kappa shape index (κ1) is 23.7. The summed E-state index contributed by atoms with van der Waals surface area (Å²) in [6.07, 6.45) is 24.7. The number of benzene rings is 1. The van der Waals surface area contributed by atoms with Crippen molar-refractivity contribution in [3.8, 4) is 0 Å². The Hall–Kier alpha value is -3.00. The number of hydrogen-bond acceptors (Lipinski definition) is 2. The Morgan fingerprint density at radius 2 is 1.86 bits per heavy atom. The number of rotatable bonds is 6. The summed E-state index contributed by atoms with van der Waals surface area (Å²) in [5, 5.41) is 0. The van der Waals surface area contributed by atoms with Crippen molar-refractivity contribution < 1.29 is 9.59 Å². The average molecular weight is 465 g/mol. The van der Waals surface area contributed by atoms with Crippen LogP contribution in [0.2, 0.25) is 0 Å². The highest BCUT2D eigenvalue weighted by Gasteiger charge is 2.39. The zero-order valence-electron chi connectivity index (χ0n) is 21.0. The maximum atomic E-state index is 13.1. The SMILES string of the molecule is CC=CC=C(C)C(=O)C1CCC(C2CC(=O)C(c3cccc(C4=CC=CC5=CC=CC54)c3)C2)CC1. The lowest BCUT2D eigenvalue weighted by atomic mass is 9.73. The molecule has 4 aliphatic carbocycles. The number of hydrogen-bond donors (Lipinski definition) is 0. The molecule has 0 N–H and O–H groups in total. The Labute approximate surface area is 209 Å². The second kappa shape index (κ2) is 10.3. The lowest BCUT2D eigenvalue weighted by Crippen LogP contribution is -2.25. The molecule has 2 fully saturated rings. The van der Waals surface area contributed by atoms with Gasteiger partial charge in [0.2, 0.25) is 0 Å². The Morgan fingerprint density at radius 1 is 1.03 bits per heavy atom. The summed E-state index contributed by atoms with van der Waals surface area (Å²) >= 11 is 0.